The molecule has 3 heterocycles. The maximum atomic E-state index is 15.0. The lowest BCUT2D eigenvalue weighted by Gasteiger charge is -2.46. The minimum absolute atomic E-state index is 0.0605. The molecule has 0 radical (unpaired) electrons. The van der Waals surface area contributed by atoms with Gasteiger partial charge in [0, 0.05) is 38.3 Å². The summed E-state index contributed by atoms with van der Waals surface area (Å²) in [7, 11) is 3.62. The van der Waals surface area contributed by atoms with Crippen molar-refractivity contribution in [2.24, 2.45) is 0 Å². The highest BCUT2D eigenvalue weighted by atomic mass is 19.1. The second-order valence-corrected chi connectivity index (χ2v) is 10.7. The van der Waals surface area contributed by atoms with E-state index in [1.165, 1.54) is 17.8 Å². The molecule has 2 aromatic carbocycles. The van der Waals surface area contributed by atoms with E-state index in [1.54, 1.807) is 49.3 Å². The molecule has 0 bridgehead atoms. The lowest BCUT2D eigenvalue weighted by atomic mass is 9.90. The molecule has 2 unspecified atom stereocenters. The normalized spacial score (nSPS) is 19.4. The van der Waals surface area contributed by atoms with Crippen LogP contribution in [-0.2, 0) is 20.7 Å². The molecular formula is C34H36FN5O4. The van der Waals surface area contributed by atoms with E-state index in [-0.39, 0.29) is 19.7 Å². The number of nitriles is 1. The number of halogens is 1. The molecule has 0 spiro atoms. The maximum absolute atomic E-state index is 15.0. The highest BCUT2D eigenvalue weighted by molar-refractivity contribution is 6.11. The van der Waals surface area contributed by atoms with E-state index in [9.17, 15) is 14.9 Å². The Morgan fingerprint density at radius 3 is 2.64 bits per heavy atom. The highest BCUT2D eigenvalue weighted by Crippen LogP contribution is 2.42. The van der Waals surface area contributed by atoms with Gasteiger partial charge in [-0.15, -0.1) is 0 Å². The van der Waals surface area contributed by atoms with Crippen LogP contribution in [-0.4, -0.2) is 79.1 Å². The summed E-state index contributed by atoms with van der Waals surface area (Å²) < 4.78 is 25.7. The Morgan fingerprint density at radius 1 is 1.18 bits per heavy atom. The number of likely N-dealkylation sites (N-methyl/N-ethyl adjacent to an activating group) is 1. The Bertz CT molecular complexity index is 1570. The van der Waals surface area contributed by atoms with Crippen LogP contribution >= 0.6 is 0 Å². The van der Waals surface area contributed by atoms with Gasteiger partial charge in [0.25, 0.3) is 0 Å². The predicted molar refractivity (Wildman–Crippen MR) is 164 cm³/mol. The number of benzene rings is 2. The SMILES string of the molecule is CCOC(=O)C1C(=O)C=C2N(CNCCC3=CC=CCN3C)C(c3ccc(OC)cc3)=C(C#N)C(Cc3ccccc3F)N21. The average Bonchev–Trinajstić information content (AvgIpc) is 3.38. The van der Waals surface area contributed by atoms with E-state index in [0.29, 0.717) is 34.9 Å². The van der Waals surface area contributed by atoms with E-state index >= 15 is 4.39 Å². The number of rotatable bonds is 11. The Hall–Kier alpha value is -4.88. The lowest BCUT2D eigenvalue weighted by molar-refractivity contribution is -0.151. The van der Waals surface area contributed by atoms with E-state index in [2.05, 4.69) is 28.4 Å². The molecule has 9 nitrogen and oxygen atoms in total. The fourth-order valence-electron chi connectivity index (χ4n) is 5.86. The molecule has 0 saturated carbocycles. The minimum Gasteiger partial charge on any atom is -0.497 e. The Kier molecular flexibility index (Phi) is 9.46. The number of methoxy groups -OCH3 is 1. The van der Waals surface area contributed by atoms with E-state index in [0.717, 1.165) is 18.5 Å². The van der Waals surface area contributed by atoms with Crippen molar-refractivity contribution >= 4 is 17.4 Å². The Morgan fingerprint density at radius 2 is 1.95 bits per heavy atom. The van der Waals surface area contributed by atoms with Crippen LogP contribution in [0.5, 0.6) is 5.75 Å². The zero-order valence-corrected chi connectivity index (χ0v) is 25.1. The molecule has 0 fully saturated rings. The summed E-state index contributed by atoms with van der Waals surface area (Å²) in [5.41, 5.74) is 3.15. The first-order valence-corrected chi connectivity index (χ1v) is 14.7. The topological polar surface area (TPSA) is 98.1 Å². The fraction of sp³-hybridized carbons (Fsp3) is 0.324. The van der Waals surface area contributed by atoms with Crippen molar-refractivity contribution in [3.63, 3.8) is 0 Å². The summed E-state index contributed by atoms with van der Waals surface area (Å²) in [5, 5.41) is 14.2. The van der Waals surface area contributed by atoms with Gasteiger partial charge in [-0.25, -0.2) is 9.18 Å². The van der Waals surface area contributed by atoms with Gasteiger partial charge in [0.15, 0.2) is 11.8 Å². The van der Waals surface area contributed by atoms with Crippen LogP contribution in [0.3, 0.4) is 0 Å². The van der Waals surface area contributed by atoms with Gasteiger partial charge in [-0.3, -0.25) is 10.1 Å². The third-order valence-electron chi connectivity index (χ3n) is 8.04. The molecule has 2 atom stereocenters. The molecule has 228 valence electrons. The first kappa shape index (κ1) is 30.6. The standard InChI is InChI=1S/C34H36FN5O4/c1-4-44-34(42)33-30(41)20-31-39(22-37-17-16-25-10-7-8-18-38(25)2)32(23-12-14-26(43-3)15-13-23)27(21-36)29(40(31)33)19-24-9-5-6-11-28(24)35/h5-15,20,29,33,37H,4,16-19,22H2,1-3H3. The second-order valence-electron chi connectivity index (χ2n) is 10.7. The molecule has 3 aliphatic rings. The van der Waals surface area contributed by atoms with Gasteiger partial charge < -0.3 is 24.2 Å². The van der Waals surface area contributed by atoms with Crippen LogP contribution in [0.4, 0.5) is 4.39 Å². The molecular weight excluding hydrogens is 561 g/mol. The number of hydrogen-bond acceptors (Lipinski definition) is 9. The van der Waals surface area contributed by atoms with E-state index in [1.807, 2.05) is 30.2 Å². The number of fused-ring (bicyclic) bond motifs is 1. The molecule has 5 rings (SSSR count). The van der Waals surface area contributed by atoms with Crippen molar-refractivity contribution in [1.82, 2.24) is 20.0 Å². The van der Waals surface area contributed by atoms with Gasteiger partial charge in [0.2, 0.25) is 0 Å². The van der Waals surface area contributed by atoms with Crippen molar-refractivity contribution in [2.45, 2.75) is 31.8 Å². The van der Waals surface area contributed by atoms with Gasteiger partial charge in [0.05, 0.1) is 43.8 Å². The molecule has 1 N–H and O–H groups in total. The van der Waals surface area contributed by atoms with E-state index < -0.39 is 29.7 Å². The third-order valence-corrected chi connectivity index (χ3v) is 8.04. The number of nitrogens with one attached hydrogen (secondary N) is 1. The van der Waals surface area contributed by atoms with Gasteiger partial charge in [-0.2, -0.15) is 5.26 Å². The molecule has 3 aliphatic heterocycles. The fourth-order valence-corrected chi connectivity index (χ4v) is 5.86. The van der Waals surface area contributed by atoms with Gasteiger partial charge in [-0.1, -0.05) is 30.4 Å². The predicted octanol–water partition coefficient (Wildman–Crippen LogP) is 3.98. The first-order chi connectivity index (χ1) is 21.4. The Labute approximate surface area is 257 Å². The van der Waals surface area contributed by atoms with Crippen LogP contribution in [0.1, 0.15) is 24.5 Å². The van der Waals surface area contributed by atoms with Crippen LogP contribution < -0.4 is 10.1 Å². The minimum atomic E-state index is -1.29. The number of allylic oxidation sites excluding steroid dienone is 2. The molecule has 44 heavy (non-hydrogen) atoms. The van der Waals surface area contributed by atoms with Gasteiger partial charge in [0.1, 0.15) is 17.4 Å². The average molecular weight is 598 g/mol. The lowest BCUT2D eigenvalue weighted by Crippen LogP contribution is -2.55. The molecule has 2 aromatic rings. The number of hydrogen-bond donors (Lipinski definition) is 1. The van der Waals surface area contributed by atoms with Crippen molar-refractivity contribution in [3.05, 3.63) is 107 Å². The summed E-state index contributed by atoms with van der Waals surface area (Å²) in [5.74, 6) is -0.490. The van der Waals surface area contributed by atoms with Gasteiger partial charge in [-0.05, 0) is 60.9 Å². The molecule has 10 heteroatoms. The summed E-state index contributed by atoms with van der Waals surface area (Å²) in [6.07, 6.45) is 8.48. The number of carbonyl (C=O) groups is 2. The monoisotopic (exact) mass is 597 g/mol. The number of esters is 1. The zero-order valence-electron chi connectivity index (χ0n) is 25.1. The number of ketones is 1. The zero-order chi connectivity index (χ0) is 31.2. The molecule has 0 aliphatic carbocycles. The third kappa shape index (κ3) is 6.10. The summed E-state index contributed by atoms with van der Waals surface area (Å²) in [6.45, 7) is 3.48. The molecule has 0 saturated heterocycles. The smallest absolute Gasteiger partial charge is 0.337 e. The molecule has 0 aromatic heterocycles. The van der Waals surface area contributed by atoms with Crippen LogP contribution in [0.15, 0.2) is 89.9 Å². The first-order valence-electron chi connectivity index (χ1n) is 14.7. The quantitative estimate of drug-likeness (QED) is 0.234. The maximum Gasteiger partial charge on any atom is 0.337 e. The van der Waals surface area contributed by atoms with Gasteiger partial charge >= 0.3 is 5.97 Å². The van der Waals surface area contributed by atoms with Crippen molar-refractivity contribution in [3.8, 4) is 11.8 Å². The molecule has 0 amide bonds. The van der Waals surface area contributed by atoms with Crippen LogP contribution in [0.2, 0.25) is 0 Å². The highest BCUT2D eigenvalue weighted by Gasteiger charge is 2.50. The number of ether oxygens (including phenoxy) is 2. The number of nitrogens with zero attached hydrogens (tertiary/aromatic N) is 4. The van der Waals surface area contributed by atoms with Crippen LogP contribution in [0.25, 0.3) is 5.70 Å². The number of carbonyl (C=O) groups excluding carboxylic acids is 2. The van der Waals surface area contributed by atoms with Crippen LogP contribution in [0, 0.1) is 17.1 Å². The summed E-state index contributed by atoms with van der Waals surface area (Å²) in [4.78, 5) is 32.4. The second kappa shape index (κ2) is 13.6. The summed E-state index contributed by atoms with van der Waals surface area (Å²) >= 11 is 0. The van der Waals surface area contributed by atoms with Crippen molar-refractivity contribution in [1.29, 1.82) is 5.26 Å². The van der Waals surface area contributed by atoms with Crippen molar-refractivity contribution in [2.75, 3.05) is 40.5 Å². The van der Waals surface area contributed by atoms with E-state index in [4.69, 9.17) is 9.47 Å². The van der Waals surface area contributed by atoms with Crippen molar-refractivity contribution < 1.29 is 23.5 Å². The summed E-state index contributed by atoms with van der Waals surface area (Å²) in [6, 6.07) is 13.9. The largest absolute Gasteiger partial charge is 0.497 e. The Balaban J connectivity index is 1.59.